The molecule has 6 nitrogen and oxygen atoms in total. The summed E-state index contributed by atoms with van der Waals surface area (Å²) < 4.78 is 18.4. The van der Waals surface area contributed by atoms with Crippen LogP contribution in [0.3, 0.4) is 0 Å². The molecule has 162 valence electrons. The molecule has 2 heterocycles. The minimum absolute atomic E-state index is 0.000990. The van der Waals surface area contributed by atoms with Crippen molar-refractivity contribution in [2.75, 3.05) is 18.4 Å². The molecule has 2 aromatic carbocycles. The maximum absolute atomic E-state index is 13.1. The third-order valence-electron chi connectivity index (χ3n) is 5.73. The molecule has 0 saturated carbocycles. The van der Waals surface area contributed by atoms with E-state index in [-0.39, 0.29) is 17.6 Å². The van der Waals surface area contributed by atoms with E-state index in [4.69, 9.17) is 4.52 Å². The third kappa shape index (κ3) is 5.35. The van der Waals surface area contributed by atoms with Gasteiger partial charge in [0.25, 0.3) is 5.89 Å². The Bertz CT molecular complexity index is 1010. The number of hydrogen-bond donors (Lipinski definition) is 1. The van der Waals surface area contributed by atoms with Gasteiger partial charge in [-0.2, -0.15) is 4.98 Å². The second-order valence-electron chi connectivity index (χ2n) is 8.34. The van der Waals surface area contributed by atoms with Crippen LogP contribution in [0.25, 0.3) is 11.5 Å². The average Bonchev–Trinajstić information content (AvgIpc) is 3.23. The fourth-order valence-electron chi connectivity index (χ4n) is 3.78. The molecule has 1 aliphatic heterocycles. The molecule has 4 rings (SSSR count). The number of carbonyl (C=O) groups excluding carboxylic acids is 1. The Morgan fingerprint density at radius 1 is 1.13 bits per heavy atom. The Morgan fingerprint density at radius 2 is 1.81 bits per heavy atom. The second-order valence-corrected chi connectivity index (χ2v) is 8.34. The highest BCUT2D eigenvalue weighted by Gasteiger charge is 2.26. The summed E-state index contributed by atoms with van der Waals surface area (Å²) in [5.74, 6) is 1.22. The van der Waals surface area contributed by atoms with Crippen molar-refractivity contribution >= 4 is 11.6 Å². The second kappa shape index (κ2) is 9.39. The number of nitrogens with zero attached hydrogens (tertiary/aromatic N) is 3. The van der Waals surface area contributed by atoms with Crippen molar-refractivity contribution < 1.29 is 13.7 Å². The summed E-state index contributed by atoms with van der Waals surface area (Å²) in [5, 5.41) is 7.08. The van der Waals surface area contributed by atoms with Crippen molar-refractivity contribution in [2.45, 2.75) is 39.2 Å². The number of carbonyl (C=O) groups is 1. The van der Waals surface area contributed by atoms with E-state index in [0.29, 0.717) is 29.7 Å². The minimum Gasteiger partial charge on any atom is -0.334 e. The molecule has 1 N–H and O–H groups in total. The molecule has 0 aliphatic carbocycles. The molecule has 1 saturated heterocycles. The summed E-state index contributed by atoms with van der Waals surface area (Å²) in [6.07, 6.45) is 1.58. The summed E-state index contributed by atoms with van der Waals surface area (Å²) in [6.45, 7) is 6.46. The van der Waals surface area contributed by atoms with E-state index in [1.807, 2.05) is 12.1 Å². The lowest BCUT2D eigenvalue weighted by atomic mass is 9.95. The molecule has 0 radical (unpaired) electrons. The Hall–Kier alpha value is -3.06. The highest BCUT2D eigenvalue weighted by molar-refractivity contribution is 5.92. The SMILES string of the molecule is CC(C)c1ccc(NC(=O)C2CCN(Cc3noc(-c4ccc(F)cc4)n3)CC2)cc1. The van der Waals surface area contributed by atoms with Crippen LogP contribution in [0.5, 0.6) is 0 Å². The van der Waals surface area contributed by atoms with Gasteiger partial charge >= 0.3 is 0 Å². The zero-order valence-corrected chi connectivity index (χ0v) is 17.8. The predicted molar refractivity (Wildman–Crippen MR) is 117 cm³/mol. The molecular formula is C24H27FN4O2. The first-order chi connectivity index (χ1) is 15.0. The maximum Gasteiger partial charge on any atom is 0.257 e. The van der Waals surface area contributed by atoms with Crippen LogP contribution in [0.15, 0.2) is 53.1 Å². The van der Waals surface area contributed by atoms with Gasteiger partial charge in [-0.1, -0.05) is 31.1 Å². The van der Waals surface area contributed by atoms with Gasteiger partial charge < -0.3 is 9.84 Å². The van der Waals surface area contributed by atoms with Crippen LogP contribution < -0.4 is 5.32 Å². The molecule has 1 aliphatic rings. The molecule has 3 aromatic rings. The van der Waals surface area contributed by atoms with Crippen LogP contribution in [-0.4, -0.2) is 34.0 Å². The first-order valence-electron chi connectivity index (χ1n) is 10.7. The molecule has 0 bridgehead atoms. The van der Waals surface area contributed by atoms with Crippen LogP contribution in [0.1, 0.15) is 44.0 Å². The van der Waals surface area contributed by atoms with Crippen LogP contribution in [0.2, 0.25) is 0 Å². The lowest BCUT2D eigenvalue weighted by molar-refractivity contribution is -0.121. The Labute approximate surface area is 181 Å². The van der Waals surface area contributed by atoms with Crippen LogP contribution >= 0.6 is 0 Å². The first-order valence-corrected chi connectivity index (χ1v) is 10.7. The first kappa shape index (κ1) is 21.2. The summed E-state index contributed by atoms with van der Waals surface area (Å²) >= 11 is 0. The number of aromatic nitrogens is 2. The molecular weight excluding hydrogens is 395 g/mol. The van der Waals surface area contributed by atoms with Gasteiger partial charge in [-0.05, 0) is 73.8 Å². The fourth-order valence-corrected chi connectivity index (χ4v) is 3.78. The summed E-state index contributed by atoms with van der Waals surface area (Å²) in [5.41, 5.74) is 2.80. The van der Waals surface area contributed by atoms with E-state index >= 15 is 0 Å². The van der Waals surface area contributed by atoms with Crippen LogP contribution in [-0.2, 0) is 11.3 Å². The quantitative estimate of drug-likeness (QED) is 0.615. The monoisotopic (exact) mass is 422 g/mol. The Kier molecular flexibility index (Phi) is 6.42. The maximum atomic E-state index is 13.1. The van der Waals surface area contributed by atoms with Crippen molar-refractivity contribution in [1.29, 1.82) is 0 Å². The molecule has 1 fully saturated rings. The van der Waals surface area contributed by atoms with Crippen LogP contribution in [0, 0.1) is 11.7 Å². The average molecular weight is 423 g/mol. The van der Waals surface area contributed by atoms with Crippen molar-refractivity contribution in [1.82, 2.24) is 15.0 Å². The van der Waals surface area contributed by atoms with Gasteiger partial charge in [0.2, 0.25) is 5.91 Å². The van der Waals surface area contributed by atoms with Gasteiger partial charge in [0.15, 0.2) is 5.82 Å². The minimum atomic E-state index is -0.303. The van der Waals surface area contributed by atoms with Gasteiger partial charge in [-0.25, -0.2) is 4.39 Å². The topological polar surface area (TPSA) is 71.3 Å². The smallest absolute Gasteiger partial charge is 0.257 e. The van der Waals surface area contributed by atoms with Crippen molar-refractivity contribution in [2.24, 2.45) is 5.92 Å². The molecule has 1 amide bonds. The van der Waals surface area contributed by atoms with E-state index in [1.165, 1.54) is 17.7 Å². The largest absolute Gasteiger partial charge is 0.334 e. The number of nitrogens with one attached hydrogen (secondary N) is 1. The number of rotatable bonds is 6. The van der Waals surface area contributed by atoms with Gasteiger partial charge in [0.05, 0.1) is 6.54 Å². The highest BCUT2D eigenvalue weighted by atomic mass is 19.1. The molecule has 0 spiro atoms. The van der Waals surface area contributed by atoms with E-state index in [0.717, 1.165) is 31.6 Å². The highest BCUT2D eigenvalue weighted by Crippen LogP contribution is 2.23. The Morgan fingerprint density at radius 3 is 2.45 bits per heavy atom. The summed E-state index contributed by atoms with van der Waals surface area (Å²) in [6, 6.07) is 14.0. The van der Waals surface area contributed by atoms with Crippen molar-refractivity contribution in [3.63, 3.8) is 0 Å². The molecule has 7 heteroatoms. The van der Waals surface area contributed by atoms with Crippen molar-refractivity contribution in [3.05, 3.63) is 65.7 Å². The van der Waals surface area contributed by atoms with Gasteiger partial charge in [-0.3, -0.25) is 9.69 Å². The number of piperidine rings is 1. The van der Waals surface area contributed by atoms with Gasteiger partial charge in [0, 0.05) is 17.2 Å². The van der Waals surface area contributed by atoms with Gasteiger partial charge in [0.1, 0.15) is 5.82 Å². The number of benzene rings is 2. The predicted octanol–water partition coefficient (Wildman–Crippen LogP) is 4.85. The number of halogens is 1. The molecule has 0 atom stereocenters. The standard InChI is InChI=1S/C24H27FN4O2/c1-16(2)17-5-9-21(10-6-17)26-23(30)18-11-13-29(14-12-18)15-22-27-24(31-28-22)19-3-7-20(25)8-4-19/h3-10,16,18H,11-15H2,1-2H3,(H,26,30). The van der Waals surface area contributed by atoms with Crippen LogP contribution in [0.4, 0.5) is 10.1 Å². The zero-order chi connectivity index (χ0) is 21.8. The van der Waals surface area contributed by atoms with Gasteiger partial charge in [-0.15, -0.1) is 0 Å². The number of anilines is 1. The number of likely N-dealkylation sites (tertiary alicyclic amines) is 1. The lowest BCUT2D eigenvalue weighted by Gasteiger charge is -2.30. The number of hydrogen-bond acceptors (Lipinski definition) is 5. The zero-order valence-electron chi connectivity index (χ0n) is 17.8. The summed E-state index contributed by atoms with van der Waals surface area (Å²) in [7, 11) is 0. The number of amides is 1. The van der Waals surface area contributed by atoms with Crippen molar-refractivity contribution in [3.8, 4) is 11.5 Å². The van der Waals surface area contributed by atoms with E-state index in [9.17, 15) is 9.18 Å². The fraction of sp³-hybridized carbons (Fsp3) is 0.375. The van der Waals surface area contributed by atoms with E-state index < -0.39 is 0 Å². The van der Waals surface area contributed by atoms with E-state index in [1.54, 1.807) is 12.1 Å². The Balaban J connectivity index is 1.27. The molecule has 1 aromatic heterocycles. The summed E-state index contributed by atoms with van der Waals surface area (Å²) in [4.78, 5) is 19.3. The lowest BCUT2D eigenvalue weighted by Crippen LogP contribution is -2.38. The molecule has 0 unspecified atom stereocenters. The normalized spacial score (nSPS) is 15.4. The third-order valence-corrected chi connectivity index (χ3v) is 5.73. The van der Waals surface area contributed by atoms with E-state index in [2.05, 4.69) is 46.3 Å². The molecule has 31 heavy (non-hydrogen) atoms.